The van der Waals surface area contributed by atoms with Gasteiger partial charge in [0.15, 0.2) is 5.82 Å². The molecule has 0 aliphatic carbocycles. The number of aliphatic hydroxyl groups is 1. The Hall–Kier alpha value is -0.980. The van der Waals surface area contributed by atoms with Crippen molar-refractivity contribution in [1.82, 2.24) is 15.0 Å². The van der Waals surface area contributed by atoms with Crippen LogP contribution in [0.15, 0.2) is 4.52 Å². The number of rotatable bonds is 4. The number of piperidine rings is 1. The van der Waals surface area contributed by atoms with Crippen molar-refractivity contribution in [3.8, 4) is 0 Å². The Labute approximate surface area is 125 Å². The van der Waals surface area contributed by atoms with E-state index in [4.69, 9.17) is 14.4 Å². The van der Waals surface area contributed by atoms with E-state index in [1.165, 1.54) is 0 Å². The number of ether oxygens (including phenoxy) is 1. The molecule has 1 aromatic rings. The Morgan fingerprint density at radius 1 is 1.29 bits per heavy atom. The van der Waals surface area contributed by atoms with Crippen molar-refractivity contribution in [2.45, 2.75) is 44.6 Å². The maximum atomic E-state index is 9.03. The fourth-order valence-corrected chi connectivity index (χ4v) is 3.64. The van der Waals surface area contributed by atoms with Gasteiger partial charge in [-0.3, -0.25) is 0 Å². The van der Waals surface area contributed by atoms with E-state index in [1.807, 2.05) is 6.92 Å². The van der Waals surface area contributed by atoms with Crippen LogP contribution < -0.4 is 0 Å². The second-order valence-electron chi connectivity index (χ2n) is 6.17. The first kappa shape index (κ1) is 14.9. The molecule has 2 aliphatic heterocycles. The minimum absolute atomic E-state index is 0.204. The summed E-state index contributed by atoms with van der Waals surface area (Å²) >= 11 is 0. The van der Waals surface area contributed by atoms with E-state index < -0.39 is 0 Å². The number of aryl methyl sites for hydroxylation is 1. The van der Waals surface area contributed by atoms with Crippen molar-refractivity contribution in [1.29, 1.82) is 0 Å². The Morgan fingerprint density at radius 2 is 2.10 bits per heavy atom. The van der Waals surface area contributed by atoms with E-state index in [1.54, 1.807) is 0 Å². The third-order valence-electron chi connectivity index (χ3n) is 4.74. The summed E-state index contributed by atoms with van der Waals surface area (Å²) in [5.41, 5.74) is 0. The van der Waals surface area contributed by atoms with Gasteiger partial charge >= 0.3 is 0 Å². The van der Waals surface area contributed by atoms with E-state index in [9.17, 15) is 0 Å². The van der Waals surface area contributed by atoms with E-state index in [0.29, 0.717) is 11.7 Å². The standard InChI is InChI=1S/C15H25N3O3/c1-11-16-15(21-17-11)13-3-2-10-20-14(13)12-4-6-18(7-5-12)8-9-19/h12-14,19H,2-10H2,1H3/t13-,14+/m1/s1. The highest BCUT2D eigenvalue weighted by atomic mass is 16.5. The van der Waals surface area contributed by atoms with Crippen molar-refractivity contribution in [2.24, 2.45) is 5.92 Å². The van der Waals surface area contributed by atoms with Crippen LogP contribution in [-0.2, 0) is 4.74 Å². The van der Waals surface area contributed by atoms with Gasteiger partial charge in [0, 0.05) is 13.2 Å². The lowest BCUT2D eigenvalue weighted by Crippen LogP contribution is -2.43. The molecule has 0 amide bonds. The van der Waals surface area contributed by atoms with Crippen molar-refractivity contribution >= 4 is 0 Å². The molecule has 0 spiro atoms. The average molecular weight is 295 g/mol. The normalized spacial score (nSPS) is 28.9. The lowest BCUT2D eigenvalue weighted by atomic mass is 9.81. The molecule has 3 rings (SSSR count). The summed E-state index contributed by atoms with van der Waals surface area (Å²) in [7, 11) is 0. The third-order valence-corrected chi connectivity index (χ3v) is 4.74. The molecule has 2 aliphatic rings. The number of aliphatic hydroxyl groups excluding tert-OH is 1. The average Bonchev–Trinajstić information content (AvgIpc) is 2.95. The van der Waals surface area contributed by atoms with Gasteiger partial charge in [0.1, 0.15) is 0 Å². The molecule has 0 bridgehead atoms. The molecule has 1 aromatic heterocycles. The van der Waals surface area contributed by atoms with Crippen molar-refractivity contribution in [3.63, 3.8) is 0 Å². The molecule has 21 heavy (non-hydrogen) atoms. The molecule has 0 radical (unpaired) electrons. The van der Waals surface area contributed by atoms with Gasteiger partial charge in [-0.15, -0.1) is 0 Å². The number of hydrogen-bond donors (Lipinski definition) is 1. The second kappa shape index (κ2) is 6.85. The summed E-state index contributed by atoms with van der Waals surface area (Å²) in [6.45, 7) is 5.81. The summed E-state index contributed by atoms with van der Waals surface area (Å²) in [6.07, 6.45) is 4.58. The molecule has 2 fully saturated rings. The van der Waals surface area contributed by atoms with Gasteiger partial charge in [0.25, 0.3) is 0 Å². The number of aromatic nitrogens is 2. The summed E-state index contributed by atoms with van der Waals surface area (Å²) in [4.78, 5) is 6.75. The minimum atomic E-state index is 0.204. The Bertz CT molecular complexity index is 443. The van der Waals surface area contributed by atoms with Crippen LogP contribution in [0.3, 0.4) is 0 Å². The van der Waals surface area contributed by atoms with Crippen molar-refractivity contribution in [3.05, 3.63) is 11.7 Å². The van der Waals surface area contributed by atoms with Crippen molar-refractivity contribution in [2.75, 3.05) is 32.8 Å². The molecule has 2 saturated heterocycles. The molecule has 6 nitrogen and oxygen atoms in total. The highest BCUT2D eigenvalue weighted by Crippen LogP contribution is 2.37. The first-order valence-electron chi connectivity index (χ1n) is 8.03. The van der Waals surface area contributed by atoms with Gasteiger partial charge in [-0.05, 0) is 51.6 Å². The predicted octanol–water partition coefficient (Wildman–Crippen LogP) is 1.34. The fourth-order valence-electron chi connectivity index (χ4n) is 3.64. The summed E-state index contributed by atoms with van der Waals surface area (Å²) in [5, 5.41) is 13.0. The zero-order valence-corrected chi connectivity index (χ0v) is 12.7. The molecule has 2 atom stereocenters. The van der Waals surface area contributed by atoms with E-state index >= 15 is 0 Å². The molecular weight excluding hydrogens is 270 g/mol. The van der Waals surface area contributed by atoms with Gasteiger partial charge in [-0.1, -0.05) is 5.16 Å². The summed E-state index contributed by atoms with van der Waals surface area (Å²) in [5.74, 6) is 2.24. The van der Waals surface area contributed by atoms with Crippen LogP contribution >= 0.6 is 0 Å². The maximum absolute atomic E-state index is 9.03. The quantitative estimate of drug-likeness (QED) is 0.904. The number of β-amino-alcohol motifs (C(OH)–C–C–N with tert-alkyl or cyclic N) is 1. The van der Waals surface area contributed by atoms with E-state index in [2.05, 4.69) is 15.0 Å². The smallest absolute Gasteiger partial charge is 0.232 e. The Morgan fingerprint density at radius 3 is 2.76 bits per heavy atom. The molecule has 1 N–H and O–H groups in total. The monoisotopic (exact) mass is 295 g/mol. The molecule has 3 heterocycles. The van der Waals surface area contributed by atoms with Gasteiger partial charge in [0.2, 0.25) is 5.89 Å². The molecule has 0 aromatic carbocycles. The zero-order chi connectivity index (χ0) is 14.7. The van der Waals surface area contributed by atoms with Crippen LogP contribution in [-0.4, -0.2) is 59.1 Å². The molecule has 6 heteroatoms. The van der Waals surface area contributed by atoms with Gasteiger partial charge in [0.05, 0.1) is 18.6 Å². The van der Waals surface area contributed by atoms with Crippen LogP contribution in [0.25, 0.3) is 0 Å². The van der Waals surface area contributed by atoms with Crippen LogP contribution in [0.5, 0.6) is 0 Å². The van der Waals surface area contributed by atoms with E-state index in [0.717, 1.165) is 57.8 Å². The molecule has 0 unspecified atom stereocenters. The zero-order valence-electron chi connectivity index (χ0n) is 12.7. The summed E-state index contributed by atoms with van der Waals surface area (Å²) in [6, 6.07) is 0. The highest BCUT2D eigenvalue weighted by Gasteiger charge is 2.38. The number of hydrogen-bond acceptors (Lipinski definition) is 6. The molecule has 0 saturated carbocycles. The SMILES string of the molecule is Cc1noc([C@@H]2CCCO[C@H]2C2CCN(CCO)CC2)n1. The van der Waals surface area contributed by atoms with Gasteiger partial charge in [-0.2, -0.15) is 4.98 Å². The Balaban J connectivity index is 1.65. The minimum Gasteiger partial charge on any atom is -0.395 e. The number of likely N-dealkylation sites (tertiary alicyclic amines) is 1. The fraction of sp³-hybridized carbons (Fsp3) is 0.867. The largest absolute Gasteiger partial charge is 0.395 e. The van der Waals surface area contributed by atoms with Gasteiger partial charge in [-0.25, -0.2) is 0 Å². The topological polar surface area (TPSA) is 71.6 Å². The van der Waals surface area contributed by atoms with Crippen LogP contribution in [0.4, 0.5) is 0 Å². The van der Waals surface area contributed by atoms with Crippen molar-refractivity contribution < 1.29 is 14.4 Å². The number of nitrogens with zero attached hydrogens (tertiary/aromatic N) is 3. The summed E-state index contributed by atoms with van der Waals surface area (Å²) < 4.78 is 11.5. The first-order chi connectivity index (χ1) is 10.3. The highest BCUT2D eigenvalue weighted by molar-refractivity contribution is 5.01. The van der Waals surface area contributed by atoms with E-state index in [-0.39, 0.29) is 18.6 Å². The first-order valence-corrected chi connectivity index (χ1v) is 8.03. The molecule has 118 valence electrons. The lowest BCUT2D eigenvalue weighted by molar-refractivity contribution is -0.0585. The molecular formula is C15H25N3O3. The Kier molecular flexibility index (Phi) is 4.87. The van der Waals surface area contributed by atoms with Crippen LogP contribution in [0.2, 0.25) is 0 Å². The maximum Gasteiger partial charge on any atom is 0.232 e. The van der Waals surface area contributed by atoms with Crippen LogP contribution in [0, 0.1) is 12.8 Å². The predicted molar refractivity (Wildman–Crippen MR) is 77.0 cm³/mol. The van der Waals surface area contributed by atoms with Gasteiger partial charge < -0.3 is 19.3 Å². The third kappa shape index (κ3) is 3.44. The van der Waals surface area contributed by atoms with Crippen LogP contribution in [0.1, 0.15) is 43.3 Å². The second-order valence-corrected chi connectivity index (χ2v) is 6.17. The lowest BCUT2D eigenvalue weighted by Gasteiger charge is -2.40.